The molecule has 0 aliphatic carbocycles. The molecule has 0 radical (unpaired) electrons. The first-order chi connectivity index (χ1) is 12.0. The van der Waals surface area contributed by atoms with Crippen LogP contribution in [0.2, 0.25) is 5.02 Å². The largest absolute Gasteiger partial charge is 0.329 e. The van der Waals surface area contributed by atoms with Crippen molar-refractivity contribution in [3.8, 4) is 0 Å². The SMILES string of the molecule is CCn1c(C)nc2cc(C(=O)N/N=C(\C)c3ccc(Cl)cc3)ccc21. The van der Waals surface area contributed by atoms with Crippen LogP contribution in [0.25, 0.3) is 11.0 Å². The van der Waals surface area contributed by atoms with E-state index in [-0.39, 0.29) is 5.91 Å². The van der Waals surface area contributed by atoms with E-state index in [4.69, 9.17) is 11.6 Å². The highest BCUT2D eigenvalue weighted by molar-refractivity contribution is 6.30. The fourth-order valence-corrected chi connectivity index (χ4v) is 2.87. The third-order valence-electron chi connectivity index (χ3n) is 4.10. The molecular weight excluding hydrogens is 336 g/mol. The van der Waals surface area contributed by atoms with Crippen molar-refractivity contribution in [2.24, 2.45) is 5.10 Å². The van der Waals surface area contributed by atoms with Crippen molar-refractivity contribution in [1.29, 1.82) is 0 Å². The third kappa shape index (κ3) is 3.56. The number of rotatable bonds is 4. The quantitative estimate of drug-likeness (QED) is 0.564. The van der Waals surface area contributed by atoms with E-state index in [9.17, 15) is 4.79 Å². The van der Waals surface area contributed by atoms with Gasteiger partial charge in [0.2, 0.25) is 0 Å². The smallest absolute Gasteiger partial charge is 0.271 e. The van der Waals surface area contributed by atoms with Crippen LogP contribution in [0.5, 0.6) is 0 Å². The fraction of sp³-hybridized carbons (Fsp3) is 0.211. The summed E-state index contributed by atoms with van der Waals surface area (Å²) in [6, 6.07) is 12.8. The van der Waals surface area contributed by atoms with Crippen molar-refractivity contribution in [1.82, 2.24) is 15.0 Å². The lowest BCUT2D eigenvalue weighted by molar-refractivity contribution is 0.0955. The highest BCUT2D eigenvalue weighted by Crippen LogP contribution is 2.18. The Morgan fingerprint density at radius 1 is 1.20 bits per heavy atom. The van der Waals surface area contributed by atoms with Gasteiger partial charge in [0.1, 0.15) is 5.82 Å². The summed E-state index contributed by atoms with van der Waals surface area (Å²) in [4.78, 5) is 16.9. The number of imidazole rings is 1. The zero-order valence-corrected chi connectivity index (χ0v) is 15.1. The molecule has 1 heterocycles. The highest BCUT2D eigenvalue weighted by Gasteiger charge is 2.10. The van der Waals surface area contributed by atoms with Gasteiger partial charge in [-0.2, -0.15) is 5.10 Å². The van der Waals surface area contributed by atoms with E-state index in [0.29, 0.717) is 16.3 Å². The number of halogens is 1. The number of carbonyl (C=O) groups excluding carboxylic acids is 1. The van der Waals surface area contributed by atoms with Crippen molar-refractivity contribution in [2.75, 3.05) is 0 Å². The van der Waals surface area contributed by atoms with Gasteiger partial charge in [0.25, 0.3) is 5.91 Å². The lowest BCUT2D eigenvalue weighted by atomic mass is 10.1. The molecule has 3 aromatic rings. The molecule has 0 spiro atoms. The minimum atomic E-state index is -0.265. The Bertz CT molecular complexity index is 957. The number of hydrazone groups is 1. The van der Waals surface area contributed by atoms with E-state index in [1.165, 1.54) is 0 Å². The molecule has 0 saturated carbocycles. The van der Waals surface area contributed by atoms with Crippen LogP contribution in [-0.4, -0.2) is 21.2 Å². The lowest BCUT2D eigenvalue weighted by Crippen LogP contribution is -2.19. The Kier molecular flexibility index (Phi) is 4.86. The summed E-state index contributed by atoms with van der Waals surface area (Å²) in [6.07, 6.45) is 0. The number of nitrogens with zero attached hydrogens (tertiary/aromatic N) is 3. The summed E-state index contributed by atoms with van der Waals surface area (Å²) in [7, 11) is 0. The van der Waals surface area contributed by atoms with E-state index in [1.54, 1.807) is 24.3 Å². The zero-order chi connectivity index (χ0) is 18.0. The molecule has 1 N–H and O–H groups in total. The van der Waals surface area contributed by atoms with Crippen LogP contribution >= 0.6 is 11.6 Å². The number of carbonyl (C=O) groups is 1. The molecule has 0 bridgehead atoms. The number of benzene rings is 2. The maximum absolute atomic E-state index is 12.4. The fourth-order valence-electron chi connectivity index (χ4n) is 2.75. The van der Waals surface area contributed by atoms with Gasteiger partial charge in [0.05, 0.1) is 16.7 Å². The first-order valence-electron chi connectivity index (χ1n) is 8.07. The van der Waals surface area contributed by atoms with Gasteiger partial charge < -0.3 is 4.57 Å². The molecule has 128 valence electrons. The Labute approximate surface area is 151 Å². The van der Waals surface area contributed by atoms with E-state index in [0.717, 1.165) is 29.0 Å². The lowest BCUT2D eigenvalue weighted by Gasteiger charge is -2.04. The minimum absolute atomic E-state index is 0.265. The normalized spacial score (nSPS) is 11.8. The van der Waals surface area contributed by atoms with Gasteiger partial charge in [0.15, 0.2) is 0 Å². The van der Waals surface area contributed by atoms with Crippen LogP contribution in [0.3, 0.4) is 0 Å². The number of hydrogen-bond donors (Lipinski definition) is 1. The van der Waals surface area contributed by atoms with Crippen LogP contribution in [0.4, 0.5) is 0 Å². The van der Waals surface area contributed by atoms with Gasteiger partial charge in [-0.1, -0.05) is 23.7 Å². The van der Waals surface area contributed by atoms with Crippen molar-refractivity contribution < 1.29 is 4.79 Å². The number of aryl methyl sites for hydroxylation is 2. The van der Waals surface area contributed by atoms with Crippen molar-refractivity contribution >= 4 is 34.3 Å². The molecule has 3 rings (SSSR count). The van der Waals surface area contributed by atoms with Crippen LogP contribution < -0.4 is 5.43 Å². The average Bonchev–Trinajstić information content (AvgIpc) is 2.93. The summed E-state index contributed by atoms with van der Waals surface area (Å²) < 4.78 is 2.11. The minimum Gasteiger partial charge on any atom is -0.329 e. The third-order valence-corrected chi connectivity index (χ3v) is 4.36. The van der Waals surface area contributed by atoms with Crippen molar-refractivity contribution in [3.63, 3.8) is 0 Å². The summed E-state index contributed by atoms with van der Waals surface area (Å²) in [5, 5.41) is 4.83. The number of hydrogen-bond acceptors (Lipinski definition) is 3. The van der Waals surface area contributed by atoms with Gasteiger partial charge in [-0.3, -0.25) is 4.79 Å². The first-order valence-corrected chi connectivity index (χ1v) is 8.45. The molecule has 0 unspecified atom stereocenters. The molecule has 0 saturated heterocycles. The molecule has 1 aromatic heterocycles. The van der Waals surface area contributed by atoms with E-state index < -0.39 is 0 Å². The van der Waals surface area contributed by atoms with E-state index in [1.807, 2.05) is 32.0 Å². The molecule has 0 aliphatic heterocycles. The predicted octanol–water partition coefficient (Wildman–Crippen LogP) is 4.17. The second-order valence-corrected chi connectivity index (χ2v) is 6.19. The monoisotopic (exact) mass is 354 g/mol. The molecule has 1 amide bonds. The Hall–Kier alpha value is -2.66. The second kappa shape index (κ2) is 7.07. The van der Waals surface area contributed by atoms with Gasteiger partial charge in [-0.05, 0) is 56.7 Å². The van der Waals surface area contributed by atoms with Crippen LogP contribution in [0.15, 0.2) is 47.6 Å². The van der Waals surface area contributed by atoms with Crippen LogP contribution in [0, 0.1) is 6.92 Å². The summed E-state index contributed by atoms with van der Waals surface area (Å²) in [5.74, 6) is 0.672. The molecule has 0 aliphatic rings. The predicted molar refractivity (Wildman–Crippen MR) is 101 cm³/mol. The van der Waals surface area contributed by atoms with Crippen LogP contribution in [0.1, 0.15) is 35.6 Å². The molecule has 25 heavy (non-hydrogen) atoms. The van der Waals surface area contributed by atoms with Crippen molar-refractivity contribution in [3.05, 3.63) is 64.4 Å². The number of fused-ring (bicyclic) bond motifs is 1. The number of amides is 1. The molecule has 5 nitrogen and oxygen atoms in total. The second-order valence-electron chi connectivity index (χ2n) is 5.75. The van der Waals surface area contributed by atoms with E-state index in [2.05, 4.69) is 27.0 Å². The zero-order valence-electron chi connectivity index (χ0n) is 14.4. The topological polar surface area (TPSA) is 59.3 Å². The van der Waals surface area contributed by atoms with Gasteiger partial charge >= 0.3 is 0 Å². The summed E-state index contributed by atoms with van der Waals surface area (Å²) in [5.41, 5.74) is 6.56. The molecule has 0 fully saturated rings. The number of aromatic nitrogens is 2. The Balaban J connectivity index is 1.80. The van der Waals surface area contributed by atoms with Crippen LogP contribution in [-0.2, 0) is 6.54 Å². The maximum atomic E-state index is 12.4. The standard InChI is InChI=1S/C19H19ClN4O/c1-4-24-13(3)21-17-11-15(7-10-18(17)24)19(25)23-22-12(2)14-5-8-16(20)9-6-14/h5-11H,4H2,1-3H3,(H,23,25)/b22-12+. The van der Waals surface area contributed by atoms with Crippen molar-refractivity contribution in [2.45, 2.75) is 27.3 Å². The highest BCUT2D eigenvalue weighted by atomic mass is 35.5. The van der Waals surface area contributed by atoms with Gasteiger partial charge in [-0.25, -0.2) is 10.4 Å². The summed E-state index contributed by atoms with van der Waals surface area (Å²) in [6.45, 7) is 6.71. The Morgan fingerprint density at radius 3 is 2.56 bits per heavy atom. The Morgan fingerprint density at radius 2 is 1.88 bits per heavy atom. The van der Waals surface area contributed by atoms with E-state index >= 15 is 0 Å². The summed E-state index contributed by atoms with van der Waals surface area (Å²) >= 11 is 5.88. The maximum Gasteiger partial charge on any atom is 0.271 e. The first kappa shape index (κ1) is 17.2. The van der Waals surface area contributed by atoms with Gasteiger partial charge in [0, 0.05) is 17.1 Å². The average molecular weight is 355 g/mol. The molecule has 2 aromatic carbocycles. The number of nitrogens with one attached hydrogen (secondary N) is 1. The molecule has 0 atom stereocenters. The molecular formula is C19H19ClN4O. The van der Waals surface area contributed by atoms with Gasteiger partial charge in [-0.15, -0.1) is 0 Å². The molecule has 6 heteroatoms.